The number of alkyl halides is 3. The van der Waals surface area contributed by atoms with Crippen molar-refractivity contribution in [2.75, 3.05) is 19.7 Å². The number of para-hydroxylation sites is 1. The maximum absolute atomic E-state index is 12.9. The van der Waals surface area contributed by atoms with Crippen LogP contribution in [0.15, 0.2) is 28.7 Å². The SMILES string of the molecule is O=C(O)[C@@H]1CN(C(=O)COc2ccccc2Br)C[C@H]1C(F)(F)F. The zero-order chi connectivity index (χ0) is 17.2. The standard InChI is InChI=1S/C14H13BrF3NO4/c15-10-3-1-2-4-11(10)23-7-12(20)19-5-8(13(21)22)9(6-19)14(16,17)18/h1-4,8-9H,5-7H2,(H,21,22)/t8-,9-/m1/s1. The molecule has 0 spiro atoms. The van der Waals surface area contributed by atoms with E-state index < -0.39 is 49.6 Å². The van der Waals surface area contributed by atoms with E-state index in [-0.39, 0.29) is 0 Å². The van der Waals surface area contributed by atoms with Gasteiger partial charge in [0.05, 0.1) is 16.3 Å². The lowest BCUT2D eigenvalue weighted by molar-refractivity contribution is -0.188. The van der Waals surface area contributed by atoms with Crippen LogP contribution in [0.25, 0.3) is 0 Å². The van der Waals surface area contributed by atoms with Gasteiger partial charge in [-0.1, -0.05) is 12.1 Å². The minimum absolute atomic E-state index is 0.377. The topological polar surface area (TPSA) is 66.8 Å². The van der Waals surface area contributed by atoms with E-state index in [2.05, 4.69) is 15.9 Å². The summed E-state index contributed by atoms with van der Waals surface area (Å²) < 4.78 is 44.5. The number of amides is 1. The molecule has 0 aromatic heterocycles. The highest BCUT2D eigenvalue weighted by Crippen LogP contribution is 2.37. The summed E-state index contributed by atoms with van der Waals surface area (Å²) in [7, 11) is 0. The van der Waals surface area contributed by atoms with Gasteiger partial charge < -0.3 is 14.7 Å². The zero-order valence-electron chi connectivity index (χ0n) is 11.7. The first kappa shape index (κ1) is 17.6. The largest absolute Gasteiger partial charge is 0.483 e. The lowest BCUT2D eigenvalue weighted by atomic mass is 9.96. The van der Waals surface area contributed by atoms with Crippen LogP contribution in [0.4, 0.5) is 13.2 Å². The van der Waals surface area contributed by atoms with Crippen LogP contribution >= 0.6 is 15.9 Å². The average molecular weight is 396 g/mol. The molecule has 1 aromatic carbocycles. The highest BCUT2D eigenvalue weighted by atomic mass is 79.9. The molecule has 0 unspecified atom stereocenters. The minimum atomic E-state index is -4.67. The maximum atomic E-state index is 12.9. The van der Waals surface area contributed by atoms with Gasteiger partial charge in [0.25, 0.3) is 5.91 Å². The number of hydrogen-bond donors (Lipinski definition) is 1. The van der Waals surface area contributed by atoms with E-state index in [1.54, 1.807) is 24.3 Å². The lowest BCUT2D eigenvalue weighted by Gasteiger charge is -2.18. The first-order valence-corrected chi connectivity index (χ1v) is 7.44. The molecule has 1 fully saturated rings. The number of nitrogens with zero attached hydrogens (tertiary/aromatic N) is 1. The average Bonchev–Trinajstić information content (AvgIpc) is 2.91. The quantitative estimate of drug-likeness (QED) is 0.850. The molecule has 0 saturated carbocycles. The smallest absolute Gasteiger partial charge is 0.394 e. The molecule has 23 heavy (non-hydrogen) atoms. The van der Waals surface area contributed by atoms with Gasteiger partial charge >= 0.3 is 12.1 Å². The Bertz CT molecular complexity index is 608. The third-order valence-electron chi connectivity index (χ3n) is 3.60. The van der Waals surface area contributed by atoms with Crippen LogP contribution < -0.4 is 4.74 Å². The Hall–Kier alpha value is -1.77. The van der Waals surface area contributed by atoms with Gasteiger partial charge in [0.15, 0.2) is 6.61 Å². The fourth-order valence-electron chi connectivity index (χ4n) is 2.38. The number of ether oxygens (including phenoxy) is 1. The predicted molar refractivity (Wildman–Crippen MR) is 76.9 cm³/mol. The summed E-state index contributed by atoms with van der Waals surface area (Å²) in [6.07, 6.45) is -4.67. The molecule has 0 aliphatic carbocycles. The number of likely N-dealkylation sites (tertiary alicyclic amines) is 1. The van der Waals surface area contributed by atoms with Gasteiger partial charge in [0.2, 0.25) is 0 Å². The Morgan fingerprint density at radius 1 is 1.30 bits per heavy atom. The predicted octanol–water partition coefficient (Wildman–Crippen LogP) is 2.55. The van der Waals surface area contributed by atoms with Gasteiger partial charge in [-0.3, -0.25) is 9.59 Å². The molecule has 2 rings (SSSR count). The molecule has 0 bridgehead atoms. The number of rotatable bonds is 4. The number of benzene rings is 1. The van der Waals surface area contributed by atoms with E-state index in [4.69, 9.17) is 9.84 Å². The molecule has 0 radical (unpaired) electrons. The summed E-state index contributed by atoms with van der Waals surface area (Å²) in [6, 6.07) is 6.71. The summed E-state index contributed by atoms with van der Waals surface area (Å²) in [6.45, 7) is -1.60. The van der Waals surface area contributed by atoms with Crippen LogP contribution in [0.1, 0.15) is 0 Å². The van der Waals surface area contributed by atoms with Gasteiger partial charge in [0.1, 0.15) is 5.75 Å². The monoisotopic (exact) mass is 395 g/mol. The van der Waals surface area contributed by atoms with Crippen molar-refractivity contribution in [3.63, 3.8) is 0 Å². The molecular formula is C14H13BrF3NO4. The zero-order valence-corrected chi connectivity index (χ0v) is 13.3. The fraction of sp³-hybridized carbons (Fsp3) is 0.429. The molecule has 1 saturated heterocycles. The number of hydrogen-bond acceptors (Lipinski definition) is 3. The summed E-state index contributed by atoms with van der Waals surface area (Å²) in [4.78, 5) is 23.9. The molecule has 1 aliphatic heterocycles. The Morgan fingerprint density at radius 3 is 2.48 bits per heavy atom. The van der Waals surface area contributed by atoms with Crippen LogP contribution in [0.2, 0.25) is 0 Å². The van der Waals surface area contributed by atoms with Crippen molar-refractivity contribution in [2.45, 2.75) is 6.18 Å². The Labute approximate surface area is 138 Å². The van der Waals surface area contributed by atoms with E-state index in [0.717, 1.165) is 4.90 Å². The summed E-state index contributed by atoms with van der Waals surface area (Å²) >= 11 is 3.22. The number of carbonyl (C=O) groups excluding carboxylic acids is 1. The van der Waals surface area contributed by atoms with Gasteiger partial charge in [-0.05, 0) is 28.1 Å². The third-order valence-corrected chi connectivity index (χ3v) is 4.25. The molecule has 1 aliphatic rings. The van der Waals surface area contributed by atoms with E-state index in [1.165, 1.54) is 0 Å². The third kappa shape index (κ3) is 4.15. The van der Waals surface area contributed by atoms with Crippen LogP contribution in [0.5, 0.6) is 5.75 Å². The van der Waals surface area contributed by atoms with Gasteiger partial charge in [0, 0.05) is 13.1 Å². The summed E-state index contributed by atoms with van der Waals surface area (Å²) in [5.41, 5.74) is 0. The number of carboxylic acids is 1. The molecular weight excluding hydrogens is 383 g/mol. The number of carboxylic acid groups (broad SMARTS) is 1. The first-order chi connectivity index (χ1) is 10.7. The molecule has 1 heterocycles. The fourth-order valence-corrected chi connectivity index (χ4v) is 2.78. The van der Waals surface area contributed by atoms with Crippen molar-refractivity contribution in [3.05, 3.63) is 28.7 Å². The second-order valence-corrected chi connectivity index (χ2v) is 5.96. The van der Waals surface area contributed by atoms with Gasteiger partial charge in [-0.25, -0.2) is 0 Å². The number of aliphatic carboxylic acids is 1. The molecule has 126 valence electrons. The van der Waals surface area contributed by atoms with Crippen molar-refractivity contribution >= 4 is 27.8 Å². The normalized spacial score (nSPS) is 21.3. The van der Waals surface area contributed by atoms with Crippen molar-refractivity contribution < 1.29 is 32.6 Å². The molecule has 1 amide bonds. The van der Waals surface area contributed by atoms with Crippen LogP contribution in [0.3, 0.4) is 0 Å². The number of carbonyl (C=O) groups is 2. The van der Waals surface area contributed by atoms with Gasteiger partial charge in [-0.2, -0.15) is 13.2 Å². The second-order valence-electron chi connectivity index (χ2n) is 5.11. The maximum Gasteiger partial charge on any atom is 0.394 e. The first-order valence-electron chi connectivity index (χ1n) is 6.64. The highest BCUT2D eigenvalue weighted by Gasteiger charge is 2.53. The Balaban J connectivity index is 2.01. The van der Waals surface area contributed by atoms with E-state index in [1.807, 2.05) is 0 Å². The Morgan fingerprint density at radius 2 is 1.96 bits per heavy atom. The minimum Gasteiger partial charge on any atom is -0.483 e. The van der Waals surface area contributed by atoms with Crippen molar-refractivity contribution in [1.82, 2.24) is 4.90 Å². The summed E-state index contributed by atoms with van der Waals surface area (Å²) in [5, 5.41) is 8.92. The van der Waals surface area contributed by atoms with Crippen LogP contribution in [-0.4, -0.2) is 47.8 Å². The van der Waals surface area contributed by atoms with E-state index >= 15 is 0 Å². The summed E-state index contributed by atoms with van der Waals surface area (Å²) in [5.74, 6) is -5.58. The molecule has 1 aromatic rings. The van der Waals surface area contributed by atoms with Crippen molar-refractivity contribution in [1.29, 1.82) is 0 Å². The highest BCUT2D eigenvalue weighted by molar-refractivity contribution is 9.10. The molecule has 1 N–H and O–H groups in total. The number of halogens is 4. The molecule has 5 nitrogen and oxygen atoms in total. The van der Waals surface area contributed by atoms with E-state index in [0.29, 0.717) is 10.2 Å². The lowest BCUT2D eigenvalue weighted by Crippen LogP contribution is -2.35. The Kier molecular flexibility index (Phi) is 5.18. The van der Waals surface area contributed by atoms with Crippen LogP contribution in [-0.2, 0) is 9.59 Å². The molecule has 2 atom stereocenters. The van der Waals surface area contributed by atoms with Crippen LogP contribution in [0, 0.1) is 11.8 Å². The molecule has 9 heteroatoms. The van der Waals surface area contributed by atoms with Crippen molar-refractivity contribution in [3.8, 4) is 5.75 Å². The second kappa shape index (κ2) is 6.77. The van der Waals surface area contributed by atoms with E-state index in [9.17, 15) is 22.8 Å². The van der Waals surface area contributed by atoms with Crippen molar-refractivity contribution in [2.24, 2.45) is 11.8 Å². The van der Waals surface area contributed by atoms with Gasteiger partial charge in [-0.15, -0.1) is 0 Å².